The number of hydrogen-bond acceptors (Lipinski definition) is 9. The number of aromatic nitrogens is 1. The van der Waals surface area contributed by atoms with Gasteiger partial charge in [0.25, 0.3) is 5.08 Å². The Balaban J connectivity index is 2.00. The zero-order valence-corrected chi connectivity index (χ0v) is 17.7. The Morgan fingerprint density at radius 1 is 1.23 bits per heavy atom. The van der Waals surface area contributed by atoms with Crippen LogP contribution in [0.2, 0.25) is 0 Å². The predicted molar refractivity (Wildman–Crippen MR) is 102 cm³/mol. The highest BCUT2D eigenvalue weighted by molar-refractivity contribution is 7.73. The smallest absolute Gasteiger partial charge is 0.437 e. The molecular formula is C17H19NO10P2. The molecular weight excluding hydrogens is 440 g/mol. The number of aryl methyl sites for hydroxylation is 1. The molecule has 162 valence electrons. The van der Waals surface area contributed by atoms with Gasteiger partial charge in [0.05, 0.1) is 12.7 Å². The molecule has 0 aliphatic carbocycles. The van der Waals surface area contributed by atoms with E-state index in [4.69, 9.17) is 13.8 Å². The van der Waals surface area contributed by atoms with Gasteiger partial charge in [0.2, 0.25) is 6.29 Å². The molecule has 0 amide bonds. The van der Waals surface area contributed by atoms with Crippen LogP contribution in [0.1, 0.15) is 23.0 Å². The minimum atomic E-state index is -5.18. The first-order valence-electron chi connectivity index (χ1n) is 8.49. The molecule has 1 aliphatic heterocycles. The predicted octanol–water partition coefficient (Wildman–Crippen LogP) is 2.84. The zero-order valence-electron chi connectivity index (χ0n) is 15.9. The van der Waals surface area contributed by atoms with Crippen molar-refractivity contribution in [1.82, 2.24) is 4.98 Å². The molecule has 2 unspecified atom stereocenters. The first-order chi connectivity index (χ1) is 14.0. The van der Waals surface area contributed by atoms with Gasteiger partial charge in [-0.25, -0.2) is 4.79 Å². The fourth-order valence-corrected chi connectivity index (χ4v) is 6.34. The van der Waals surface area contributed by atoms with Crippen LogP contribution in [-0.2, 0) is 29.3 Å². The van der Waals surface area contributed by atoms with Crippen LogP contribution in [0.15, 0.2) is 42.7 Å². The molecule has 2 heterocycles. The molecule has 1 saturated heterocycles. The van der Waals surface area contributed by atoms with E-state index >= 15 is 0 Å². The highest BCUT2D eigenvalue weighted by atomic mass is 31.2. The summed E-state index contributed by atoms with van der Waals surface area (Å²) in [5.74, 6) is -0.185. The maximum atomic E-state index is 12.9. The van der Waals surface area contributed by atoms with Crippen molar-refractivity contribution in [1.29, 1.82) is 0 Å². The van der Waals surface area contributed by atoms with Crippen molar-refractivity contribution in [3.8, 4) is 5.75 Å². The molecule has 0 saturated carbocycles. The summed E-state index contributed by atoms with van der Waals surface area (Å²) in [5, 5.41) is 7.61. The van der Waals surface area contributed by atoms with Crippen molar-refractivity contribution < 1.29 is 47.3 Å². The second kappa shape index (κ2) is 8.20. The van der Waals surface area contributed by atoms with Gasteiger partial charge in [-0.1, -0.05) is 17.7 Å². The first kappa shape index (κ1) is 22.6. The lowest BCUT2D eigenvalue weighted by Gasteiger charge is -2.41. The zero-order chi connectivity index (χ0) is 22.2. The van der Waals surface area contributed by atoms with Gasteiger partial charge in [0, 0.05) is 18.8 Å². The van der Waals surface area contributed by atoms with E-state index in [2.05, 4.69) is 9.72 Å². The minimum Gasteiger partial charge on any atom is -0.437 e. The molecule has 0 radical (unpaired) electrons. The van der Waals surface area contributed by atoms with E-state index in [0.29, 0.717) is 5.56 Å². The van der Waals surface area contributed by atoms with E-state index in [1.807, 2.05) is 0 Å². The van der Waals surface area contributed by atoms with Crippen molar-refractivity contribution in [3.63, 3.8) is 0 Å². The van der Waals surface area contributed by atoms with Crippen LogP contribution in [0.4, 0.5) is 4.79 Å². The van der Waals surface area contributed by atoms with Crippen LogP contribution in [-0.4, -0.2) is 38.2 Å². The Bertz CT molecular complexity index is 1020. The van der Waals surface area contributed by atoms with E-state index in [9.17, 15) is 28.8 Å². The summed E-state index contributed by atoms with van der Waals surface area (Å²) < 4.78 is 45.2. The summed E-state index contributed by atoms with van der Waals surface area (Å²) in [7, 11) is -9.28. The molecule has 30 heavy (non-hydrogen) atoms. The van der Waals surface area contributed by atoms with Gasteiger partial charge in [0.1, 0.15) is 5.75 Å². The molecule has 3 N–H and O–H groups in total. The lowest BCUT2D eigenvalue weighted by Crippen LogP contribution is -2.38. The summed E-state index contributed by atoms with van der Waals surface area (Å²) in [6, 6.07) is 7.18. The summed E-state index contributed by atoms with van der Waals surface area (Å²) in [6.07, 6.45) is -1.02. The number of ether oxygens (including phenoxy) is 2. The normalized spacial score (nSPS) is 31.2. The van der Waals surface area contributed by atoms with Gasteiger partial charge in [-0.05, 0) is 30.7 Å². The van der Waals surface area contributed by atoms with Crippen LogP contribution in [0, 0.1) is 6.92 Å². The van der Waals surface area contributed by atoms with Crippen LogP contribution in [0.25, 0.3) is 0 Å². The molecule has 11 nitrogen and oxygen atoms in total. The standard InChI is InChI=1S/C17H19NO10P2/c1-11-5-6-14(26-16(19)25-2)13(8-11)15-27-29(21,22)17(20,30(23,24)28-15)9-12-4-3-7-18-10-12/h3-8,10,15,20H,9H2,1-2H3,(H,21,22)(H,23,24). The monoisotopic (exact) mass is 459 g/mol. The Labute approximate surface area is 171 Å². The van der Waals surface area contributed by atoms with Gasteiger partial charge < -0.3 is 24.4 Å². The Hall–Kier alpha value is -2.10. The number of benzene rings is 1. The van der Waals surface area contributed by atoms with Gasteiger partial charge in [-0.2, -0.15) is 0 Å². The third kappa shape index (κ3) is 4.19. The SMILES string of the molecule is COC(=O)Oc1ccc(C)cc1C1OP(=O)(O)C(O)(Cc2cccnc2)P(=O)(O)O1. The molecule has 1 aromatic heterocycles. The van der Waals surface area contributed by atoms with Gasteiger partial charge in [-0.15, -0.1) is 0 Å². The minimum absolute atomic E-state index is 0.118. The fraction of sp³-hybridized carbons (Fsp3) is 0.294. The number of methoxy groups -OCH3 is 1. The van der Waals surface area contributed by atoms with Crippen molar-refractivity contribution in [3.05, 3.63) is 59.4 Å². The van der Waals surface area contributed by atoms with Crippen molar-refractivity contribution in [2.75, 3.05) is 7.11 Å². The number of pyridine rings is 1. The van der Waals surface area contributed by atoms with E-state index in [-0.39, 0.29) is 16.9 Å². The molecule has 0 bridgehead atoms. The second-order valence-corrected chi connectivity index (χ2v) is 10.8. The van der Waals surface area contributed by atoms with E-state index in [1.54, 1.807) is 13.0 Å². The summed E-state index contributed by atoms with van der Waals surface area (Å²) in [4.78, 5) is 36.1. The van der Waals surface area contributed by atoms with Crippen molar-refractivity contribution in [2.45, 2.75) is 24.7 Å². The molecule has 2 atom stereocenters. The van der Waals surface area contributed by atoms with Gasteiger partial charge in [-0.3, -0.25) is 23.2 Å². The van der Waals surface area contributed by atoms with Crippen molar-refractivity contribution >= 4 is 21.3 Å². The molecule has 3 rings (SSSR count). The Kier molecular flexibility index (Phi) is 6.18. The Morgan fingerprint density at radius 3 is 2.47 bits per heavy atom. The number of carbonyl (C=O) groups excluding carboxylic acids is 1. The van der Waals surface area contributed by atoms with Crippen LogP contribution >= 0.6 is 15.2 Å². The summed E-state index contributed by atoms with van der Waals surface area (Å²) in [5.41, 5.74) is 0.693. The summed E-state index contributed by atoms with van der Waals surface area (Å²) >= 11 is 0. The van der Waals surface area contributed by atoms with Gasteiger partial charge in [0.15, 0.2) is 0 Å². The third-order valence-electron chi connectivity index (χ3n) is 4.33. The summed E-state index contributed by atoms with van der Waals surface area (Å²) in [6.45, 7) is 1.66. The highest BCUT2D eigenvalue weighted by Crippen LogP contribution is 2.79. The number of carbonyl (C=O) groups is 1. The number of aliphatic hydroxyl groups is 1. The maximum absolute atomic E-state index is 12.9. The molecule has 1 aliphatic rings. The highest BCUT2D eigenvalue weighted by Gasteiger charge is 2.67. The Morgan fingerprint density at radius 2 is 1.90 bits per heavy atom. The number of nitrogens with zero attached hydrogens (tertiary/aromatic N) is 1. The van der Waals surface area contributed by atoms with Crippen molar-refractivity contribution in [2.24, 2.45) is 0 Å². The molecule has 0 spiro atoms. The van der Waals surface area contributed by atoms with Crippen LogP contribution in [0.3, 0.4) is 0 Å². The fourth-order valence-electron chi connectivity index (χ4n) is 2.77. The molecule has 1 aromatic carbocycles. The number of hydrogen-bond donors (Lipinski definition) is 3. The molecule has 1 fully saturated rings. The second-order valence-electron chi connectivity index (χ2n) is 6.49. The lowest BCUT2D eigenvalue weighted by molar-refractivity contribution is -0.0588. The third-order valence-corrected chi connectivity index (χ3v) is 8.92. The maximum Gasteiger partial charge on any atom is 0.513 e. The van der Waals surface area contributed by atoms with Crippen LogP contribution in [0.5, 0.6) is 5.75 Å². The average molecular weight is 459 g/mol. The van der Waals surface area contributed by atoms with E-state index < -0.39 is 39.1 Å². The number of rotatable bonds is 4. The largest absolute Gasteiger partial charge is 0.513 e. The molecule has 13 heteroatoms. The van der Waals surface area contributed by atoms with E-state index in [1.165, 1.54) is 36.7 Å². The first-order valence-corrected chi connectivity index (χ1v) is 11.6. The molecule has 2 aromatic rings. The van der Waals surface area contributed by atoms with E-state index in [0.717, 1.165) is 7.11 Å². The van der Waals surface area contributed by atoms with Gasteiger partial charge >= 0.3 is 21.3 Å². The van der Waals surface area contributed by atoms with Crippen LogP contribution < -0.4 is 4.74 Å². The average Bonchev–Trinajstić information content (AvgIpc) is 2.68. The topological polar surface area (TPSA) is 162 Å². The lowest BCUT2D eigenvalue weighted by atomic mass is 10.1. The quantitative estimate of drug-likeness (QED) is 0.350.